The van der Waals surface area contributed by atoms with E-state index in [2.05, 4.69) is 36.2 Å². The van der Waals surface area contributed by atoms with Gasteiger partial charge in [0.25, 0.3) is 5.91 Å². The second-order valence-corrected chi connectivity index (χ2v) is 7.51. The molecule has 3 atom stereocenters. The fourth-order valence-corrected chi connectivity index (χ4v) is 4.56. The van der Waals surface area contributed by atoms with Gasteiger partial charge in [0.1, 0.15) is 0 Å². The van der Waals surface area contributed by atoms with Crippen LogP contribution >= 0.6 is 0 Å². The maximum Gasteiger partial charge on any atom is 0.254 e. The first-order chi connectivity index (χ1) is 11.2. The van der Waals surface area contributed by atoms with Gasteiger partial charge in [-0.3, -0.25) is 4.79 Å². The summed E-state index contributed by atoms with van der Waals surface area (Å²) < 4.78 is 0. The van der Waals surface area contributed by atoms with Gasteiger partial charge >= 0.3 is 0 Å². The number of fused-ring (bicyclic) bond motifs is 1. The molecule has 3 rings (SSSR count). The molecule has 1 saturated carbocycles. The average molecular weight is 316 g/mol. The van der Waals surface area contributed by atoms with E-state index in [1.54, 1.807) is 0 Å². The number of nitrogens with one attached hydrogen (secondary N) is 1. The molecular formula is C20H32N2O. The van der Waals surface area contributed by atoms with Crippen molar-refractivity contribution >= 4 is 5.91 Å². The number of unbranched alkanes of at least 4 members (excludes halogenated alkanes) is 1. The van der Waals surface area contributed by atoms with Crippen molar-refractivity contribution in [1.82, 2.24) is 10.2 Å². The third kappa shape index (κ3) is 3.55. The Morgan fingerprint density at radius 3 is 2.87 bits per heavy atom. The highest BCUT2D eigenvalue weighted by Gasteiger charge is 2.33. The summed E-state index contributed by atoms with van der Waals surface area (Å²) in [4.78, 5) is 15.4. The molecule has 0 aromatic carbocycles. The van der Waals surface area contributed by atoms with Gasteiger partial charge in [0, 0.05) is 24.7 Å². The van der Waals surface area contributed by atoms with Crippen molar-refractivity contribution in [2.24, 2.45) is 11.8 Å². The van der Waals surface area contributed by atoms with Crippen LogP contribution in [0.5, 0.6) is 0 Å². The summed E-state index contributed by atoms with van der Waals surface area (Å²) in [6.45, 7) is 7.31. The van der Waals surface area contributed by atoms with E-state index >= 15 is 0 Å². The average Bonchev–Trinajstić information content (AvgIpc) is 3.10. The molecule has 3 aliphatic rings. The summed E-state index contributed by atoms with van der Waals surface area (Å²) in [6.07, 6.45) is 13.0. The quantitative estimate of drug-likeness (QED) is 0.839. The smallest absolute Gasteiger partial charge is 0.254 e. The SMILES string of the molecule is CCCCN(C(=O)C1=C(C)C2CCCCC2C=C1)[C@@H]1CCNC1. The maximum absolute atomic E-state index is 13.3. The number of carbonyl (C=O) groups is 1. The van der Waals surface area contributed by atoms with Crippen LogP contribution in [-0.4, -0.2) is 36.5 Å². The third-order valence-corrected chi connectivity index (χ3v) is 6.03. The standard InChI is InChI=1S/C20H32N2O/c1-3-4-13-22(17-11-12-21-14-17)20(23)19-10-9-16-7-5-6-8-18(16)15(19)2/h9-10,16-18,21H,3-8,11-14H2,1-2H3/t16?,17-,18?/m1/s1. The van der Waals surface area contributed by atoms with Gasteiger partial charge in [-0.15, -0.1) is 0 Å². The van der Waals surface area contributed by atoms with Crippen LogP contribution in [0.2, 0.25) is 0 Å². The molecule has 2 fully saturated rings. The summed E-state index contributed by atoms with van der Waals surface area (Å²) in [5, 5.41) is 3.42. The number of carbonyl (C=O) groups excluding carboxylic acids is 1. The van der Waals surface area contributed by atoms with Crippen molar-refractivity contribution in [1.29, 1.82) is 0 Å². The molecule has 128 valence electrons. The third-order valence-electron chi connectivity index (χ3n) is 6.03. The van der Waals surface area contributed by atoms with E-state index < -0.39 is 0 Å². The summed E-state index contributed by atoms with van der Waals surface area (Å²) in [5.74, 6) is 1.57. The zero-order chi connectivity index (χ0) is 16.2. The van der Waals surface area contributed by atoms with Crippen LogP contribution < -0.4 is 5.32 Å². The Balaban J connectivity index is 1.79. The van der Waals surface area contributed by atoms with E-state index in [4.69, 9.17) is 0 Å². The minimum atomic E-state index is 0.282. The van der Waals surface area contributed by atoms with Gasteiger partial charge in [0.05, 0.1) is 0 Å². The van der Waals surface area contributed by atoms with Crippen LogP contribution in [0.4, 0.5) is 0 Å². The van der Waals surface area contributed by atoms with Crippen molar-refractivity contribution in [3.05, 3.63) is 23.3 Å². The highest BCUT2D eigenvalue weighted by molar-refractivity contribution is 5.97. The van der Waals surface area contributed by atoms with E-state index in [9.17, 15) is 4.79 Å². The van der Waals surface area contributed by atoms with Crippen molar-refractivity contribution in [2.75, 3.05) is 19.6 Å². The normalized spacial score (nSPS) is 30.4. The molecule has 1 aliphatic heterocycles. The number of nitrogens with zero attached hydrogens (tertiary/aromatic N) is 1. The first kappa shape index (κ1) is 16.8. The Morgan fingerprint density at radius 1 is 1.30 bits per heavy atom. The van der Waals surface area contributed by atoms with Gasteiger partial charge in [-0.1, -0.05) is 43.9 Å². The van der Waals surface area contributed by atoms with Crippen LogP contribution in [0, 0.1) is 11.8 Å². The lowest BCUT2D eigenvalue weighted by Gasteiger charge is -2.36. The number of amides is 1. The number of rotatable bonds is 5. The van der Waals surface area contributed by atoms with Crippen LogP contribution in [0.1, 0.15) is 58.8 Å². The van der Waals surface area contributed by atoms with E-state index in [1.807, 2.05) is 0 Å². The molecule has 3 nitrogen and oxygen atoms in total. The van der Waals surface area contributed by atoms with Crippen molar-refractivity contribution in [3.8, 4) is 0 Å². The Labute approximate surface area is 141 Å². The zero-order valence-corrected chi connectivity index (χ0v) is 14.8. The molecule has 23 heavy (non-hydrogen) atoms. The molecule has 0 bridgehead atoms. The summed E-state index contributed by atoms with van der Waals surface area (Å²) >= 11 is 0. The highest BCUT2D eigenvalue weighted by Crippen LogP contribution is 2.40. The maximum atomic E-state index is 13.3. The summed E-state index contributed by atoms with van der Waals surface area (Å²) in [7, 11) is 0. The Hall–Kier alpha value is -1.09. The lowest BCUT2D eigenvalue weighted by Crippen LogP contribution is -2.43. The first-order valence-corrected chi connectivity index (χ1v) is 9.63. The minimum Gasteiger partial charge on any atom is -0.334 e. The minimum absolute atomic E-state index is 0.282. The molecule has 0 spiro atoms. The Bertz CT molecular complexity index is 488. The highest BCUT2D eigenvalue weighted by atomic mass is 16.2. The molecule has 1 saturated heterocycles. The monoisotopic (exact) mass is 316 g/mol. The predicted octanol–water partition coefficient (Wildman–Crippen LogP) is 3.67. The largest absolute Gasteiger partial charge is 0.334 e. The second-order valence-electron chi connectivity index (χ2n) is 7.51. The van der Waals surface area contributed by atoms with E-state index in [-0.39, 0.29) is 5.91 Å². The molecule has 0 aromatic heterocycles. The summed E-state index contributed by atoms with van der Waals surface area (Å²) in [6, 6.07) is 0.381. The fraction of sp³-hybridized carbons (Fsp3) is 0.750. The number of allylic oxidation sites excluding steroid dienone is 2. The molecule has 2 aliphatic carbocycles. The van der Waals surface area contributed by atoms with E-state index in [1.165, 1.54) is 31.3 Å². The van der Waals surface area contributed by atoms with Crippen LogP contribution in [0.15, 0.2) is 23.3 Å². The molecule has 1 N–H and O–H groups in total. The molecule has 2 unspecified atom stereocenters. The van der Waals surface area contributed by atoms with Crippen molar-refractivity contribution in [3.63, 3.8) is 0 Å². The molecule has 0 aromatic rings. The van der Waals surface area contributed by atoms with Gasteiger partial charge in [0.2, 0.25) is 0 Å². The van der Waals surface area contributed by atoms with Crippen LogP contribution in [-0.2, 0) is 4.79 Å². The number of hydrogen-bond acceptors (Lipinski definition) is 2. The van der Waals surface area contributed by atoms with Crippen LogP contribution in [0.3, 0.4) is 0 Å². The number of hydrogen-bond donors (Lipinski definition) is 1. The van der Waals surface area contributed by atoms with Crippen molar-refractivity contribution < 1.29 is 4.79 Å². The zero-order valence-electron chi connectivity index (χ0n) is 14.8. The molecule has 3 heteroatoms. The van der Waals surface area contributed by atoms with Gasteiger partial charge < -0.3 is 10.2 Å². The lowest BCUT2D eigenvalue weighted by atomic mass is 9.71. The van der Waals surface area contributed by atoms with E-state index in [0.717, 1.165) is 44.5 Å². The molecule has 0 radical (unpaired) electrons. The van der Waals surface area contributed by atoms with Gasteiger partial charge in [-0.05, 0) is 51.0 Å². The second kappa shape index (κ2) is 7.65. The Kier molecular flexibility index (Phi) is 5.58. The lowest BCUT2D eigenvalue weighted by molar-refractivity contribution is -0.129. The first-order valence-electron chi connectivity index (χ1n) is 9.63. The molecule has 1 amide bonds. The summed E-state index contributed by atoms with van der Waals surface area (Å²) in [5.41, 5.74) is 2.35. The van der Waals surface area contributed by atoms with Gasteiger partial charge in [0.15, 0.2) is 0 Å². The van der Waals surface area contributed by atoms with Crippen LogP contribution in [0.25, 0.3) is 0 Å². The van der Waals surface area contributed by atoms with Crippen molar-refractivity contribution in [2.45, 2.75) is 64.8 Å². The van der Waals surface area contributed by atoms with Gasteiger partial charge in [-0.2, -0.15) is 0 Å². The molecule has 1 heterocycles. The fourth-order valence-electron chi connectivity index (χ4n) is 4.56. The molecular weight excluding hydrogens is 284 g/mol. The Morgan fingerprint density at radius 2 is 2.13 bits per heavy atom. The van der Waals surface area contributed by atoms with Gasteiger partial charge in [-0.25, -0.2) is 0 Å². The van der Waals surface area contributed by atoms with E-state index in [0.29, 0.717) is 17.9 Å². The predicted molar refractivity (Wildman–Crippen MR) is 95.2 cm³/mol. The topological polar surface area (TPSA) is 32.3 Å².